The van der Waals surface area contributed by atoms with E-state index in [2.05, 4.69) is 25.4 Å². The summed E-state index contributed by atoms with van der Waals surface area (Å²) in [5, 5.41) is 6.88. The van der Waals surface area contributed by atoms with E-state index in [1.54, 1.807) is 55.1 Å². The second-order valence-electron chi connectivity index (χ2n) is 5.39. The van der Waals surface area contributed by atoms with Crippen LogP contribution in [0.3, 0.4) is 0 Å². The summed E-state index contributed by atoms with van der Waals surface area (Å²) < 4.78 is 5.39. The Morgan fingerprint density at radius 3 is 2.35 bits per heavy atom. The highest BCUT2D eigenvalue weighted by Gasteiger charge is 2.15. The van der Waals surface area contributed by atoms with Crippen molar-refractivity contribution in [1.29, 1.82) is 0 Å². The number of aromatic nitrogens is 4. The highest BCUT2D eigenvalue weighted by atomic mass is 16.5. The molecule has 7 nitrogen and oxygen atoms in total. The first-order valence-corrected chi connectivity index (χ1v) is 7.86. The van der Waals surface area contributed by atoms with E-state index in [9.17, 15) is 4.79 Å². The first-order chi connectivity index (χ1) is 12.8. The zero-order valence-corrected chi connectivity index (χ0v) is 13.5. The minimum absolute atomic E-state index is 0.242. The fourth-order valence-corrected chi connectivity index (χ4v) is 2.43. The third-order valence-corrected chi connectivity index (χ3v) is 3.71. The number of hydrogen-bond donors (Lipinski definition) is 1. The fourth-order valence-electron chi connectivity index (χ4n) is 2.43. The normalized spacial score (nSPS) is 10.5. The average Bonchev–Trinajstić information content (AvgIpc) is 3.20. The van der Waals surface area contributed by atoms with Crippen molar-refractivity contribution in [3.05, 3.63) is 78.9 Å². The lowest BCUT2D eigenvalue weighted by molar-refractivity contribution is 0.102. The van der Waals surface area contributed by atoms with Crippen molar-refractivity contribution in [1.82, 2.24) is 20.1 Å². The summed E-state index contributed by atoms with van der Waals surface area (Å²) in [5.41, 5.74) is 2.54. The van der Waals surface area contributed by atoms with Crippen LogP contribution in [0, 0.1) is 0 Å². The van der Waals surface area contributed by atoms with Gasteiger partial charge in [-0.3, -0.25) is 14.8 Å². The van der Waals surface area contributed by atoms with Gasteiger partial charge in [-0.05, 0) is 36.4 Å². The van der Waals surface area contributed by atoms with Crippen LogP contribution in [-0.2, 0) is 0 Å². The largest absolute Gasteiger partial charge is 0.334 e. The molecule has 0 spiro atoms. The molecule has 7 heteroatoms. The molecule has 0 aliphatic heterocycles. The van der Waals surface area contributed by atoms with Crippen molar-refractivity contribution in [3.8, 4) is 22.8 Å². The van der Waals surface area contributed by atoms with Crippen molar-refractivity contribution in [2.45, 2.75) is 0 Å². The summed E-state index contributed by atoms with van der Waals surface area (Å²) in [6.07, 6.45) is 6.46. The molecule has 0 unspecified atom stereocenters. The molecule has 0 aliphatic carbocycles. The molecule has 4 aromatic rings. The van der Waals surface area contributed by atoms with Crippen LogP contribution in [0.25, 0.3) is 22.8 Å². The van der Waals surface area contributed by atoms with E-state index in [0.717, 1.165) is 5.56 Å². The van der Waals surface area contributed by atoms with Crippen molar-refractivity contribution in [3.63, 3.8) is 0 Å². The first kappa shape index (κ1) is 15.6. The average molecular weight is 343 g/mol. The number of anilines is 1. The van der Waals surface area contributed by atoms with Crippen LogP contribution < -0.4 is 5.32 Å². The van der Waals surface area contributed by atoms with Gasteiger partial charge in [-0.1, -0.05) is 17.3 Å². The molecule has 0 aliphatic rings. The number of amides is 1. The molecule has 126 valence electrons. The number of nitrogens with one attached hydrogen (secondary N) is 1. The SMILES string of the molecule is O=C(Nc1ccccc1-c1nc(-c2ccncc2)no1)c1ccncc1. The molecule has 0 radical (unpaired) electrons. The van der Waals surface area contributed by atoms with Gasteiger partial charge in [0.1, 0.15) is 0 Å². The molecule has 1 amide bonds. The topological polar surface area (TPSA) is 93.8 Å². The molecule has 0 bridgehead atoms. The molecule has 26 heavy (non-hydrogen) atoms. The number of rotatable bonds is 4. The van der Waals surface area contributed by atoms with Crippen LogP contribution in [-0.4, -0.2) is 26.0 Å². The smallest absolute Gasteiger partial charge is 0.260 e. The van der Waals surface area contributed by atoms with E-state index in [4.69, 9.17) is 4.52 Å². The van der Waals surface area contributed by atoms with Gasteiger partial charge in [0, 0.05) is 35.9 Å². The Kier molecular flexibility index (Phi) is 4.17. The summed E-state index contributed by atoms with van der Waals surface area (Å²) in [7, 11) is 0. The number of carbonyl (C=O) groups excluding carboxylic acids is 1. The summed E-state index contributed by atoms with van der Waals surface area (Å²) in [6, 6.07) is 14.1. The molecule has 1 aromatic carbocycles. The fraction of sp³-hybridized carbons (Fsp3) is 0. The molecule has 0 fully saturated rings. The number of pyridine rings is 2. The monoisotopic (exact) mass is 343 g/mol. The molecule has 3 heterocycles. The van der Waals surface area contributed by atoms with E-state index < -0.39 is 0 Å². The molecule has 1 N–H and O–H groups in total. The standard InChI is InChI=1S/C19H13N5O2/c25-18(14-7-11-21-12-8-14)22-16-4-2-1-3-15(16)19-23-17(24-26-19)13-5-9-20-10-6-13/h1-12H,(H,22,25). The Morgan fingerprint density at radius 2 is 1.58 bits per heavy atom. The second kappa shape index (κ2) is 6.94. The van der Waals surface area contributed by atoms with Gasteiger partial charge in [0.05, 0.1) is 11.3 Å². The van der Waals surface area contributed by atoms with Gasteiger partial charge in [-0.25, -0.2) is 0 Å². The Bertz CT molecular complexity index is 1030. The van der Waals surface area contributed by atoms with Gasteiger partial charge in [-0.2, -0.15) is 4.98 Å². The molecule has 4 rings (SSSR count). The maximum absolute atomic E-state index is 12.4. The Labute approximate surface area is 148 Å². The van der Waals surface area contributed by atoms with E-state index in [0.29, 0.717) is 28.5 Å². The van der Waals surface area contributed by atoms with Crippen molar-refractivity contribution >= 4 is 11.6 Å². The predicted octanol–water partition coefficient (Wildman–Crippen LogP) is 3.45. The van der Waals surface area contributed by atoms with Crippen LogP contribution in [0.1, 0.15) is 10.4 Å². The molecular weight excluding hydrogens is 330 g/mol. The minimum Gasteiger partial charge on any atom is -0.334 e. The van der Waals surface area contributed by atoms with Gasteiger partial charge in [0.2, 0.25) is 5.82 Å². The van der Waals surface area contributed by atoms with Crippen molar-refractivity contribution in [2.75, 3.05) is 5.32 Å². The van der Waals surface area contributed by atoms with E-state index in [1.165, 1.54) is 0 Å². The summed E-state index contributed by atoms with van der Waals surface area (Å²) in [6.45, 7) is 0. The van der Waals surface area contributed by atoms with Crippen LogP contribution in [0.5, 0.6) is 0 Å². The Hall–Kier alpha value is -3.87. The van der Waals surface area contributed by atoms with Crippen molar-refractivity contribution in [2.24, 2.45) is 0 Å². The van der Waals surface area contributed by atoms with Crippen LogP contribution in [0.15, 0.2) is 77.8 Å². The lowest BCUT2D eigenvalue weighted by Gasteiger charge is -2.08. The van der Waals surface area contributed by atoms with E-state index in [-0.39, 0.29) is 5.91 Å². The van der Waals surface area contributed by atoms with Crippen LogP contribution in [0.4, 0.5) is 5.69 Å². The van der Waals surface area contributed by atoms with E-state index >= 15 is 0 Å². The molecule has 3 aromatic heterocycles. The third-order valence-electron chi connectivity index (χ3n) is 3.71. The minimum atomic E-state index is -0.242. The van der Waals surface area contributed by atoms with Gasteiger partial charge < -0.3 is 9.84 Å². The third kappa shape index (κ3) is 3.18. The Balaban J connectivity index is 1.64. The molecular formula is C19H13N5O2. The maximum atomic E-state index is 12.4. The van der Waals surface area contributed by atoms with Gasteiger partial charge in [-0.15, -0.1) is 0 Å². The summed E-state index contributed by atoms with van der Waals surface area (Å²) >= 11 is 0. The second-order valence-corrected chi connectivity index (χ2v) is 5.39. The number of benzene rings is 1. The lowest BCUT2D eigenvalue weighted by Crippen LogP contribution is -2.12. The number of hydrogen-bond acceptors (Lipinski definition) is 6. The zero-order chi connectivity index (χ0) is 17.8. The van der Waals surface area contributed by atoms with Crippen LogP contribution in [0.2, 0.25) is 0 Å². The highest BCUT2D eigenvalue weighted by Crippen LogP contribution is 2.28. The predicted molar refractivity (Wildman–Crippen MR) is 95.2 cm³/mol. The maximum Gasteiger partial charge on any atom is 0.260 e. The molecule has 0 saturated carbocycles. The van der Waals surface area contributed by atoms with Gasteiger partial charge in [0.15, 0.2) is 0 Å². The highest BCUT2D eigenvalue weighted by molar-refractivity contribution is 6.05. The molecule has 0 saturated heterocycles. The van der Waals surface area contributed by atoms with Crippen molar-refractivity contribution < 1.29 is 9.32 Å². The number of carbonyl (C=O) groups is 1. The first-order valence-electron chi connectivity index (χ1n) is 7.86. The number of para-hydroxylation sites is 1. The quantitative estimate of drug-likeness (QED) is 0.610. The van der Waals surface area contributed by atoms with Crippen LogP contribution >= 0.6 is 0 Å². The van der Waals surface area contributed by atoms with E-state index in [1.807, 2.05) is 18.2 Å². The summed E-state index contributed by atoms with van der Waals surface area (Å²) in [5.74, 6) is 0.536. The number of nitrogens with zero attached hydrogens (tertiary/aromatic N) is 4. The lowest BCUT2D eigenvalue weighted by atomic mass is 10.1. The zero-order valence-electron chi connectivity index (χ0n) is 13.5. The Morgan fingerprint density at radius 1 is 0.885 bits per heavy atom. The van der Waals surface area contributed by atoms with Gasteiger partial charge >= 0.3 is 0 Å². The molecule has 0 atom stereocenters. The summed E-state index contributed by atoms with van der Waals surface area (Å²) in [4.78, 5) is 24.7. The van der Waals surface area contributed by atoms with Gasteiger partial charge in [0.25, 0.3) is 11.8 Å².